The molecule has 21 heavy (non-hydrogen) atoms. The molecule has 0 amide bonds. The van der Waals surface area contributed by atoms with Crippen molar-refractivity contribution in [3.05, 3.63) is 36.4 Å². The van der Waals surface area contributed by atoms with Crippen LogP contribution < -0.4 is 9.46 Å². The van der Waals surface area contributed by atoms with Crippen molar-refractivity contribution >= 4 is 27.9 Å². The van der Waals surface area contributed by atoms with E-state index in [-0.39, 0.29) is 10.6 Å². The molecule has 0 aliphatic rings. The summed E-state index contributed by atoms with van der Waals surface area (Å²) in [5.74, 6) is 0.233. The molecule has 112 valence electrons. The number of benzene rings is 2. The minimum absolute atomic E-state index is 0.00287. The first-order valence-electron chi connectivity index (χ1n) is 6.46. The molecular weight excluding hydrogens is 293 g/mol. The molecule has 0 saturated heterocycles. The third-order valence-electron chi connectivity index (χ3n) is 2.87. The van der Waals surface area contributed by atoms with E-state index in [9.17, 15) is 8.42 Å². The monoisotopic (exact) mass is 309 g/mol. The van der Waals surface area contributed by atoms with E-state index in [1.54, 1.807) is 37.3 Å². The van der Waals surface area contributed by atoms with E-state index in [1.807, 2.05) is 6.07 Å². The van der Waals surface area contributed by atoms with Crippen molar-refractivity contribution in [3.63, 3.8) is 0 Å². The molecule has 0 atom stereocenters. The SMILES string of the molecule is CCOc1ccc2ccccc2c1S(=O)(=O)NCB(O)O. The van der Waals surface area contributed by atoms with E-state index in [0.29, 0.717) is 12.0 Å². The number of ether oxygens (including phenoxy) is 1. The summed E-state index contributed by atoms with van der Waals surface area (Å²) < 4.78 is 32.4. The Labute approximate surface area is 123 Å². The molecule has 8 heteroatoms. The van der Waals surface area contributed by atoms with E-state index in [1.165, 1.54) is 0 Å². The lowest BCUT2D eigenvalue weighted by Crippen LogP contribution is -2.35. The Balaban J connectivity index is 2.60. The summed E-state index contributed by atoms with van der Waals surface area (Å²) in [6, 6.07) is 10.4. The molecular formula is C13H16BNO5S. The van der Waals surface area contributed by atoms with Crippen LogP contribution in [-0.4, -0.2) is 38.6 Å². The fourth-order valence-corrected chi connectivity index (χ4v) is 3.41. The maximum Gasteiger partial charge on any atom is 0.467 e. The Kier molecular flexibility index (Phi) is 4.84. The van der Waals surface area contributed by atoms with Crippen LogP contribution >= 0.6 is 0 Å². The van der Waals surface area contributed by atoms with Gasteiger partial charge in [-0.3, -0.25) is 0 Å². The first-order chi connectivity index (χ1) is 9.95. The molecule has 0 fully saturated rings. The van der Waals surface area contributed by atoms with Crippen LogP contribution in [0.5, 0.6) is 5.75 Å². The van der Waals surface area contributed by atoms with Crippen molar-refractivity contribution in [1.82, 2.24) is 4.72 Å². The van der Waals surface area contributed by atoms with Crippen molar-refractivity contribution in [2.45, 2.75) is 11.8 Å². The maximum absolute atomic E-state index is 12.4. The molecule has 0 unspecified atom stereocenters. The Morgan fingerprint density at radius 2 is 1.90 bits per heavy atom. The summed E-state index contributed by atoms with van der Waals surface area (Å²) in [6.45, 7) is 2.08. The van der Waals surface area contributed by atoms with Gasteiger partial charge in [0.2, 0.25) is 10.0 Å². The molecule has 0 spiro atoms. The second-order valence-corrected chi connectivity index (χ2v) is 6.08. The van der Waals surface area contributed by atoms with Gasteiger partial charge in [0.05, 0.1) is 6.61 Å². The van der Waals surface area contributed by atoms with E-state index in [4.69, 9.17) is 14.8 Å². The molecule has 0 radical (unpaired) electrons. The molecule has 2 rings (SSSR count). The molecule has 2 aromatic carbocycles. The Bertz CT molecular complexity index is 732. The number of hydrogen-bond donors (Lipinski definition) is 3. The fourth-order valence-electron chi connectivity index (χ4n) is 2.03. The average Bonchev–Trinajstić information content (AvgIpc) is 2.45. The van der Waals surface area contributed by atoms with Gasteiger partial charge in [-0.05, 0) is 18.4 Å². The Morgan fingerprint density at radius 3 is 2.57 bits per heavy atom. The van der Waals surface area contributed by atoms with Gasteiger partial charge < -0.3 is 14.8 Å². The van der Waals surface area contributed by atoms with Crippen LogP contribution in [0.15, 0.2) is 41.3 Å². The van der Waals surface area contributed by atoms with Crippen molar-refractivity contribution < 1.29 is 23.2 Å². The van der Waals surface area contributed by atoms with Crippen LogP contribution in [0.4, 0.5) is 0 Å². The summed E-state index contributed by atoms with van der Waals surface area (Å²) in [5, 5.41) is 19.0. The number of fused-ring (bicyclic) bond motifs is 1. The van der Waals surface area contributed by atoms with Crippen molar-refractivity contribution in [2.75, 3.05) is 13.1 Å². The second kappa shape index (κ2) is 6.44. The van der Waals surface area contributed by atoms with E-state index in [0.717, 1.165) is 5.39 Å². The highest BCUT2D eigenvalue weighted by Gasteiger charge is 2.24. The zero-order valence-corrected chi connectivity index (χ0v) is 12.3. The van der Waals surface area contributed by atoms with Crippen molar-refractivity contribution in [1.29, 1.82) is 0 Å². The smallest absolute Gasteiger partial charge is 0.467 e. The van der Waals surface area contributed by atoms with Crippen molar-refractivity contribution in [3.8, 4) is 5.75 Å². The number of sulfonamides is 1. The Hall–Kier alpha value is -1.61. The van der Waals surface area contributed by atoms with Crippen LogP contribution in [0.3, 0.4) is 0 Å². The molecule has 0 aliphatic heterocycles. The molecule has 0 aromatic heterocycles. The average molecular weight is 309 g/mol. The maximum atomic E-state index is 12.4. The van der Waals surface area contributed by atoms with Gasteiger partial charge in [0, 0.05) is 11.8 Å². The summed E-state index contributed by atoms with van der Waals surface area (Å²) in [5.41, 5.74) is 0. The molecule has 2 aromatic rings. The quantitative estimate of drug-likeness (QED) is 0.677. The lowest BCUT2D eigenvalue weighted by Gasteiger charge is -2.14. The minimum Gasteiger partial charge on any atom is -0.492 e. The molecule has 0 bridgehead atoms. The van der Waals surface area contributed by atoms with Gasteiger partial charge in [0.25, 0.3) is 0 Å². The van der Waals surface area contributed by atoms with Gasteiger partial charge in [-0.15, -0.1) is 0 Å². The van der Waals surface area contributed by atoms with Gasteiger partial charge in [-0.1, -0.05) is 30.3 Å². The second-order valence-electron chi connectivity index (χ2n) is 4.38. The normalized spacial score (nSPS) is 11.6. The third-order valence-corrected chi connectivity index (χ3v) is 4.37. The van der Waals surface area contributed by atoms with Gasteiger partial charge in [0.1, 0.15) is 10.6 Å². The van der Waals surface area contributed by atoms with Gasteiger partial charge in [0.15, 0.2) is 0 Å². The predicted octanol–water partition coefficient (Wildman–Crippen LogP) is 0.529. The zero-order valence-electron chi connectivity index (χ0n) is 11.5. The standard InChI is InChI=1S/C13H16BNO5S/c1-2-20-12-8-7-10-5-3-4-6-11(10)13(12)21(18,19)15-9-14(16)17/h3-8,15-17H,2,9H2,1H3. The highest BCUT2D eigenvalue weighted by molar-refractivity contribution is 7.89. The summed E-state index contributed by atoms with van der Waals surface area (Å²) in [4.78, 5) is 0.00287. The fraction of sp³-hybridized carbons (Fsp3) is 0.231. The van der Waals surface area contributed by atoms with E-state index < -0.39 is 23.6 Å². The van der Waals surface area contributed by atoms with Gasteiger partial charge >= 0.3 is 7.12 Å². The molecule has 0 aliphatic carbocycles. The van der Waals surface area contributed by atoms with Gasteiger partial charge in [-0.2, -0.15) is 0 Å². The Morgan fingerprint density at radius 1 is 1.19 bits per heavy atom. The molecule has 0 saturated carbocycles. The van der Waals surface area contributed by atoms with E-state index in [2.05, 4.69) is 4.72 Å². The van der Waals surface area contributed by atoms with Crippen LogP contribution in [0.1, 0.15) is 6.92 Å². The van der Waals surface area contributed by atoms with Crippen molar-refractivity contribution in [2.24, 2.45) is 0 Å². The lowest BCUT2D eigenvalue weighted by atomic mass is 9.94. The van der Waals surface area contributed by atoms with E-state index >= 15 is 0 Å². The van der Waals surface area contributed by atoms with Crippen LogP contribution in [-0.2, 0) is 10.0 Å². The lowest BCUT2D eigenvalue weighted by molar-refractivity contribution is 0.332. The first kappa shape index (κ1) is 15.8. The summed E-state index contributed by atoms with van der Waals surface area (Å²) in [7, 11) is -5.69. The first-order valence-corrected chi connectivity index (χ1v) is 7.94. The topological polar surface area (TPSA) is 95.9 Å². The number of rotatable bonds is 6. The largest absolute Gasteiger partial charge is 0.492 e. The van der Waals surface area contributed by atoms with Crippen LogP contribution in [0, 0.1) is 0 Å². The molecule has 3 N–H and O–H groups in total. The number of nitrogens with one attached hydrogen (secondary N) is 1. The highest BCUT2D eigenvalue weighted by atomic mass is 32.2. The van der Waals surface area contributed by atoms with Gasteiger partial charge in [-0.25, -0.2) is 13.1 Å². The minimum atomic E-state index is -3.93. The molecule has 6 nitrogen and oxygen atoms in total. The molecule has 0 heterocycles. The third kappa shape index (κ3) is 3.54. The van der Waals surface area contributed by atoms with Crippen LogP contribution in [0.2, 0.25) is 0 Å². The number of hydrogen-bond acceptors (Lipinski definition) is 5. The predicted molar refractivity (Wildman–Crippen MR) is 80.5 cm³/mol. The summed E-state index contributed by atoms with van der Waals surface area (Å²) >= 11 is 0. The summed E-state index contributed by atoms with van der Waals surface area (Å²) in [6.07, 6.45) is -0.489. The van der Waals surface area contributed by atoms with Crippen LogP contribution in [0.25, 0.3) is 10.8 Å². The highest BCUT2D eigenvalue weighted by Crippen LogP contribution is 2.32. The zero-order chi connectivity index (χ0) is 15.5.